The Bertz CT molecular complexity index is 1180. The monoisotopic (exact) mass is 403 g/mol. The maximum Gasteiger partial charge on any atom is 0.248 e. The number of benzene rings is 2. The number of nitrogens with one attached hydrogen (secondary N) is 1. The largest absolute Gasteiger partial charge is 0.495 e. The number of imidazole rings is 1. The van der Waals surface area contributed by atoms with Crippen molar-refractivity contribution in [1.82, 2.24) is 9.38 Å². The van der Waals surface area contributed by atoms with Gasteiger partial charge in [-0.1, -0.05) is 35.9 Å². The molecule has 144 valence electrons. The Balaban J connectivity index is 1.60. The maximum atomic E-state index is 12.4. The van der Waals surface area contributed by atoms with E-state index in [1.165, 1.54) is 6.08 Å². The van der Waals surface area contributed by atoms with Crippen LogP contribution in [0.4, 0.5) is 5.69 Å². The topological polar surface area (TPSA) is 55.6 Å². The van der Waals surface area contributed by atoms with Gasteiger partial charge >= 0.3 is 0 Å². The summed E-state index contributed by atoms with van der Waals surface area (Å²) in [7, 11) is 1.56. The van der Waals surface area contributed by atoms with E-state index in [2.05, 4.69) is 10.3 Å². The molecular formula is C23H18ClN3O2. The Labute approximate surface area is 173 Å². The summed E-state index contributed by atoms with van der Waals surface area (Å²) in [6, 6.07) is 18.7. The van der Waals surface area contributed by atoms with Gasteiger partial charge in [0.25, 0.3) is 0 Å². The molecule has 6 heteroatoms. The van der Waals surface area contributed by atoms with Crippen LogP contribution in [-0.2, 0) is 4.79 Å². The molecule has 1 amide bonds. The molecule has 0 saturated carbocycles. The van der Waals surface area contributed by atoms with Crippen LogP contribution in [0.25, 0.3) is 23.0 Å². The first-order valence-electron chi connectivity index (χ1n) is 9.00. The number of methoxy groups -OCH3 is 1. The minimum absolute atomic E-state index is 0.282. The molecule has 0 atom stereocenters. The number of carbonyl (C=O) groups excluding carboxylic acids is 1. The van der Waals surface area contributed by atoms with Crippen molar-refractivity contribution in [3.63, 3.8) is 0 Å². The van der Waals surface area contributed by atoms with E-state index >= 15 is 0 Å². The fourth-order valence-corrected chi connectivity index (χ4v) is 3.19. The second-order valence-electron chi connectivity index (χ2n) is 6.35. The highest BCUT2D eigenvalue weighted by molar-refractivity contribution is 6.32. The van der Waals surface area contributed by atoms with Crippen molar-refractivity contribution in [2.45, 2.75) is 0 Å². The van der Waals surface area contributed by atoms with Crippen molar-refractivity contribution < 1.29 is 9.53 Å². The molecule has 0 aliphatic heterocycles. The number of hydrogen-bond acceptors (Lipinski definition) is 3. The average molecular weight is 404 g/mol. The van der Waals surface area contributed by atoms with E-state index in [1.54, 1.807) is 19.3 Å². The number of halogens is 1. The predicted octanol–water partition coefficient (Wildman–Crippen LogP) is 5.32. The Morgan fingerprint density at radius 2 is 1.97 bits per heavy atom. The zero-order valence-corrected chi connectivity index (χ0v) is 16.4. The lowest BCUT2D eigenvalue weighted by Gasteiger charge is -2.10. The molecule has 4 aromatic rings. The van der Waals surface area contributed by atoms with Gasteiger partial charge in [-0.05, 0) is 48.0 Å². The number of aromatic nitrogens is 2. The van der Waals surface area contributed by atoms with Crippen molar-refractivity contribution in [2.75, 3.05) is 12.4 Å². The summed E-state index contributed by atoms with van der Waals surface area (Å²) in [5, 5.41) is 3.45. The van der Waals surface area contributed by atoms with Crippen molar-refractivity contribution >= 4 is 34.9 Å². The van der Waals surface area contributed by atoms with Gasteiger partial charge in [0.05, 0.1) is 18.5 Å². The first kappa shape index (κ1) is 18.8. The summed E-state index contributed by atoms with van der Waals surface area (Å²) in [5.74, 6) is 0.285. The Hall–Kier alpha value is -3.57. The van der Waals surface area contributed by atoms with Gasteiger partial charge in [0, 0.05) is 29.1 Å². The number of rotatable bonds is 5. The predicted molar refractivity (Wildman–Crippen MR) is 116 cm³/mol. The average Bonchev–Trinajstić information content (AvgIpc) is 3.17. The quantitative estimate of drug-likeness (QED) is 0.459. The molecule has 0 bridgehead atoms. The van der Waals surface area contributed by atoms with E-state index in [0.717, 1.165) is 22.5 Å². The van der Waals surface area contributed by atoms with E-state index in [4.69, 9.17) is 16.3 Å². The molecule has 0 aliphatic rings. The van der Waals surface area contributed by atoms with Crippen LogP contribution >= 0.6 is 11.6 Å². The van der Waals surface area contributed by atoms with Crippen LogP contribution in [0, 0.1) is 0 Å². The third kappa shape index (κ3) is 4.15. The summed E-state index contributed by atoms with van der Waals surface area (Å²) >= 11 is 6.13. The van der Waals surface area contributed by atoms with Gasteiger partial charge in [-0.15, -0.1) is 0 Å². The highest BCUT2D eigenvalue weighted by Crippen LogP contribution is 2.30. The number of amides is 1. The molecule has 2 aromatic heterocycles. The summed E-state index contributed by atoms with van der Waals surface area (Å²) in [6.45, 7) is 0. The number of anilines is 1. The van der Waals surface area contributed by atoms with E-state index in [-0.39, 0.29) is 5.91 Å². The smallest absolute Gasteiger partial charge is 0.248 e. The highest BCUT2D eigenvalue weighted by atomic mass is 35.5. The van der Waals surface area contributed by atoms with Gasteiger partial charge in [0.1, 0.15) is 11.4 Å². The molecule has 1 N–H and O–H groups in total. The third-order valence-corrected chi connectivity index (χ3v) is 4.78. The molecule has 0 saturated heterocycles. The SMILES string of the molecule is COc1ccc(-c2cn3ccccc3n2)cc1NC(=O)/C=C/c1ccccc1Cl. The van der Waals surface area contributed by atoms with Crippen molar-refractivity contribution in [3.05, 3.63) is 89.7 Å². The number of nitrogens with zero attached hydrogens (tertiary/aromatic N) is 2. The van der Waals surface area contributed by atoms with Gasteiger partial charge in [0.2, 0.25) is 5.91 Å². The normalized spacial score (nSPS) is 11.1. The zero-order valence-electron chi connectivity index (χ0n) is 15.7. The second kappa shape index (κ2) is 8.20. The van der Waals surface area contributed by atoms with Gasteiger partial charge in [0.15, 0.2) is 0 Å². The van der Waals surface area contributed by atoms with Gasteiger partial charge in [-0.3, -0.25) is 4.79 Å². The van der Waals surface area contributed by atoms with E-state index in [9.17, 15) is 4.79 Å². The molecule has 4 rings (SSSR count). The second-order valence-corrected chi connectivity index (χ2v) is 6.76. The van der Waals surface area contributed by atoms with Crippen LogP contribution in [0.5, 0.6) is 5.75 Å². The minimum Gasteiger partial charge on any atom is -0.495 e. The van der Waals surface area contributed by atoms with Crippen molar-refractivity contribution in [2.24, 2.45) is 0 Å². The van der Waals surface area contributed by atoms with E-state index in [0.29, 0.717) is 16.5 Å². The van der Waals surface area contributed by atoms with Crippen LogP contribution in [0.15, 0.2) is 79.1 Å². The first-order valence-corrected chi connectivity index (χ1v) is 9.37. The summed E-state index contributed by atoms with van der Waals surface area (Å²) in [5.41, 5.74) is 3.87. The fourth-order valence-electron chi connectivity index (χ4n) is 2.99. The van der Waals surface area contributed by atoms with Crippen molar-refractivity contribution in [1.29, 1.82) is 0 Å². The van der Waals surface area contributed by atoms with Crippen LogP contribution < -0.4 is 10.1 Å². The van der Waals surface area contributed by atoms with Crippen LogP contribution in [0.3, 0.4) is 0 Å². The van der Waals surface area contributed by atoms with Gasteiger partial charge in [-0.25, -0.2) is 4.98 Å². The summed E-state index contributed by atoms with van der Waals surface area (Å²) in [4.78, 5) is 17.1. The molecule has 0 radical (unpaired) electrons. The van der Waals surface area contributed by atoms with Crippen LogP contribution in [0.1, 0.15) is 5.56 Å². The molecule has 2 aromatic carbocycles. The molecule has 0 spiro atoms. The highest BCUT2D eigenvalue weighted by Gasteiger charge is 2.10. The number of fused-ring (bicyclic) bond motifs is 1. The lowest BCUT2D eigenvalue weighted by Crippen LogP contribution is -2.09. The summed E-state index contributed by atoms with van der Waals surface area (Å²) < 4.78 is 7.34. The third-order valence-electron chi connectivity index (χ3n) is 4.44. The lowest BCUT2D eigenvalue weighted by atomic mass is 10.1. The summed E-state index contributed by atoms with van der Waals surface area (Å²) in [6.07, 6.45) is 7.01. The lowest BCUT2D eigenvalue weighted by molar-refractivity contribution is -0.111. The zero-order chi connectivity index (χ0) is 20.2. The fraction of sp³-hybridized carbons (Fsp3) is 0.0435. The number of hydrogen-bond donors (Lipinski definition) is 1. The molecule has 0 aliphatic carbocycles. The van der Waals surface area contributed by atoms with E-state index in [1.807, 2.05) is 71.4 Å². The number of pyridine rings is 1. The van der Waals surface area contributed by atoms with Gasteiger partial charge < -0.3 is 14.5 Å². The molecule has 5 nitrogen and oxygen atoms in total. The molecule has 29 heavy (non-hydrogen) atoms. The van der Waals surface area contributed by atoms with Crippen LogP contribution in [-0.4, -0.2) is 22.4 Å². The standard InChI is InChI=1S/C23H18ClN3O2/c1-29-21-11-9-17(20-15-27-13-5-4-8-22(27)25-20)14-19(21)26-23(28)12-10-16-6-2-3-7-18(16)24/h2-15H,1H3,(H,26,28)/b12-10+. The maximum absolute atomic E-state index is 12.4. The number of carbonyl (C=O) groups is 1. The Morgan fingerprint density at radius 1 is 1.14 bits per heavy atom. The molecule has 0 fully saturated rings. The number of ether oxygens (including phenoxy) is 1. The molecular weight excluding hydrogens is 386 g/mol. The van der Waals surface area contributed by atoms with Crippen LogP contribution in [0.2, 0.25) is 5.02 Å². The van der Waals surface area contributed by atoms with Gasteiger partial charge in [-0.2, -0.15) is 0 Å². The Kier molecular flexibility index (Phi) is 5.31. The van der Waals surface area contributed by atoms with Crippen molar-refractivity contribution in [3.8, 4) is 17.0 Å². The minimum atomic E-state index is -0.282. The first-order chi connectivity index (χ1) is 14.1. The molecule has 2 heterocycles. The van der Waals surface area contributed by atoms with E-state index < -0.39 is 0 Å². The molecule has 0 unspecified atom stereocenters. The Morgan fingerprint density at radius 3 is 2.76 bits per heavy atom.